The van der Waals surface area contributed by atoms with Gasteiger partial charge in [0.2, 0.25) is 11.1 Å². The maximum Gasteiger partial charge on any atom is 0.303 e. The van der Waals surface area contributed by atoms with Crippen molar-refractivity contribution < 1.29 is 27.1 Å². The SMILES string of the molecule is CC1(C)CC(CC(=O)O)CC(C)(C)[N+]1=O.[Cl-]. The van der Waals surface area contributed by atoms with Gasteiger partial charge in [-0.2, -0.15) is 0 Å². The molecule has 1 aliphatic heterocycles. The van der Waals surface area contributed by atoms with E-state index < -0.39 is 17.0 Å². The Balaban J connectivity index is 0.00000225. The fourth-order valence-corrected chi connectivity index (χ4v) is 2.86. The van der Waals surface area contributed by atoms with E-state index in [4.69, 9.17) is 5.11 Å². The molecule has 1 N–H and O–H groups in total. The van der Waals surface area contributed by atoms with Gasteiger partial charge in [0.15, 0.2) is 0 Å². The van der Waals surface area contributed by atoms with E-state index in [2.05, 4.69) is 0 Å². The summed E-state index contributed by atoms with van der Waals surface area (Å²) in [7, 11) is 0. The molecule has 0 radical (unpaired) electrons. The third kappa shape index (κ3) is 3.17. The first-order chi connectivity index (χ1) is 6.65. The fourth-order valence-electron chi connectivity index (χ4n) is 2.86. The van der Waals surface area contributed by atoms with Gasteiger partial charge in [-0.1, -0.05) is 0 Å². The molecule has 1 saturated heterocycles. The maximum atomic E-state index is 12.0. The van der Waals surface area contributed by atoms with Crippen molar-refractivity contribution in [2.75, 3.05) is 0 Å². The largest absolute Gasteiger partial charge is 1.00 e. The highest BCUT2D eigenvalue weighted by atomic mass is 35.5. The molecule has 0 spiro atoms. The van der Waals surface area contributed by atoms with Crippen molar-refractivity contribution in [2.45, 2.75) is 58.0 Å². The lowest BCUT2D eigenvalue weighted by molar-refractivity contribution is -0.695. The van der Waals surface area contributed by atoms with Crippen LogP contribution in [0.25, 0.3) is 0 Å². The van der Waals surface area contributed by atoms with Crippen LogP contribution in [0.2, 0.25) is 0 Å². The first-order valence-electron chi connectivity index (χ1n) is 5.34. The molecule has 0 aromatic carbocycles. The van der Waals surface area contributed by atoms with Crippen molar-refractivity contribution in [2.24, 2.45) is 5.92 Å². The third-order valence-corrected chi connectivity index (χ3v) is 3.14. The Bertz CT molecular complexity index is 280. The van der Waals surface area contributed by atoms with E-state index in [-0.39, 0.29) is 24.7 Å². The molecule has 94 valence electrons. The number of carboxylic acids is 1. The van der Waals surface area contributed by atoms with Crippen molar-refractivity contribution in [1.29, 1.82) is 0 Å². The molecule has 1 rings (SSSR count). The Morgan fingerprint density at radius 3 is 1.94 bits per heavy atom. The Morgan fingerprint density at radius 2 is 1.62 bits per heavy atom. The molecule has 1 heterocycles. The van der Waals surface area contributed by atoms with Gasteiger partial charge in [-0.15, -0.1) is 0 Å². The van der Waals surface area contributed by atoms with Crippen LogP contribution in [0.1, 0.15) is 47.0 Å². The van der Waals surface area contributed by atoms with Crippen LogP contribution in [-0.2, 0) is 4.79 Å². The van der Waals surface area contributed by atoms with Gasteiger partial charge in [0.25, 0.3) is 0 Å². The molecule has 0 aliphatic carbocycles. The molecule has 0 aromatic rings. The number of piperidine rings is 1. The number of halogens is 1. The van der Waals surface area contributed by atoms with Crippen molar-refractivity contribution in [1.82, 2.24) is 0 Å². The maximum absolute atomic E-state index is 12.0. The normalized spacial score (nSPS) is 23.6. The van der Waals surface area contributed by atoms with Gasteiger partial charge >= 0.3 is 5.97 Å². The van der Waals surface area contributed by atoms with Crippen molar-refractivity contribution in [3.63, 3.8) is 0 Å². The predicted octanol–water partition coefficient (Wildman–Crippen LogP) is -0.789. The molecule has 0 aromatic heterocycles. The molecule has 0 bridgehead atoms. The highest BCUT2D eigenvalue weighted by Gasteiger charge is 2.53. The van der Waals surface area contributed by atoms with Crippen molar-refractivity contribution in [3.8, 4) is 0 Å². The second-order valence-electron chi connectivity index (χ2n) is 5.79. The summed E-state index contributed by atoms with van der Waals surface area (Å²) in [6.45, 7) is 7.54. The number of nitroso groups, excluding NO2 is 1. The summed E-state index contributed by atoms with van der Waals surface area (Å²) in [5.74, 6) is -0.663. The van der Waals surface area contributed by atoms with Crippen LogP contribution in [0, 0.1) is 10.8 Å². The topological polar surface area (TPSA) is 57.4 Å². The lowest BCUT2D eigenvalue weighted by Crippen LogP contribution is -3.00. The molecule has 0 unspecified atom stereocenters. The van der Waals surface area contributed by atoms with E-state index in [1.54, 1.807) is 0 Å². The fraction of sp³-hybridized carbons (Fsp3) is 0.909. The van der Waals surface area contributed by atoms with Gasteiger partial charge in [-0.25, -0.2) is 0 Å². The Labute approximate surface area is 102 Å². The molecule has 4 nitrogen and oxygen atoms in total. The van der Waals surface area contributed by atoms with Crippen LogP contribution in [0.5, 0.6) is 0 Å². The van der Waals surface area contributed by atoms with Crippen LogP contribution < -0.4 is 12.4 Å². The second-order valence-corrected chi connectivity index (χ2v) is 5.79. The minimum atomic E-state index is -0.772. The second kappa shape index (κ2) is 4.70. The highest BCUT2D eigenvalue weighted by Crippen LogP contribution is 2.39. The molecule has 0 amide bonds. The predicted molar refractivity (Wildman–Crippen MR) is 56.8 cm³/mol. The van der Waals surface area contributed by atoms with Crippen LogP contribution in [-0.4, -0.2) is 26.9 Å². The van der Waals surface area contributed by atoms with Crippen LogP contribution >= 0.6 is 0 Å². The van der Waals surface area contributed by atoms with E-state index in [1.807, 2.05) is 27.7 Å². The van der Waals surface area contributed by atoms with Gasteiger partial charge in [0.05, 0.1) is 0 Å². The summed E-state index contributed by atoms with van der Waals surface area (Å²) >= 11 is 0. The number of nitrogens with zero attached hydrogens (tertiary/aromatic N) is 1. The number of aliphatic carboxylic acids is 1. The highest BCUT2D eigenvalue weighted by molar-refractivity contribution is 5.67. The Morgan fingerprint density at radius 1 is 1.25 bits per heavy atom. The lowest BCUT2D eigenvalue weighted by Gasteiger charge is -2.36. The molecule has 1 aliphatic rings. The zero-order chi connectivity index (χ0) is 11.9. The van der Waals surface area contributed by atoms with E-state index in [1.165, 1.54) is 0 Å². The van der Waals surface area contributed by atoms with E-state index in [9.17, 15) is 9.70 Å². The minimum Gasteiger partial charge on any atom is -1.00 e. The molecule has 0 atom stereocenters. The van der Waals surface area contributed by atoms with Gasteiger partial charge in [0.1, 0.15) is 0 Å². The van der Waals surface area contributed by atoms with Crippen molar-refractivity contribution >= 4 is 5.97 Å². The molecular formula is C11H20ClNO3. The van der Waals surface area contributed by atoms with Crippen LogP contribution in [0.3, 0.4) is 0 Å². The molecule has 16 heavy (non-hydrogen) atoms. The van der Waals surface area contributed by atoms with E-state index in [0.29, 0.717) is 12.8 Å². The minimum absolute atomic E-state index is 0. The number of carbonyl (C=O) groups is 1. The average molecular weight is 250 g/mol. The summed E-state index contributed by atoms with van der Waals surface area (Å²) in [4.78, 5) is 22.6. The number of hydrogen-bond donors (Lipinski definition) is 1. The molecule has 5 heteroatoms. The molecule has 0 saturated carbocycles. The van der Waals surface area contributed by atoms with Crippen molar-refractivity contribution in [3.05, 3.63) is 4.91 Å². The summed E-state index contributed by atoms with van der Waals surface area (Å²) in [6, 6.07) is 0. The summed E-state index contributed by atoms with van der Waals surface area (Å²) in [6.07, 6.45) is 1.49. The Kier molecular flexibility index (Phi) is 4.51. The molecular weight excluding hydrogens is 230 g/mol. The van der Waals surface area contributed by atoms with Gasteiger partial charge in [-0.3, -0.25) is 4.79 Å². The lowest BCUT2D eigenvalue weighted by atomic mass is 9.74. The third-order valence-electron chi connectivity index (χ3n) is 3.14. The summed E-state index contributed by atoms with van der Waals surface area (Å²) in [5.41, 5.74) is -0.913. The first-order valence-corrected chi connectivity index (χ1v) is 5.34. The average Bonchev–Trinajstić information content (AvgIpc) is 1.97. The van der Waals surface area contributed by atoms with E-state index >= 15 is 0 Å². The zero-order valence-corrected chi connectivity index (χ0v) is 11.0. The number of carboxylic acid groups (broad SMARTS) is 1. The van der Waals surface area contributed by atoms with Gasteiger partial charge < -0.3 is 17.5 Å². The Hall–Kier alpha value is -0.640. The zero-order valence-electron chi connectivity index (χ0n) is 10.3. The number of hydrogen-bond acceptors (Lipinski definition) is 2. The monoisotopic (exact) mass is 249 g/mol. The van der Waals surface area contributed by atoms with Crippen LogP contribution in [0.4, 0.5) is 0 Å². The first kappa shape index (κ1) is 15.4. The standard InChI is InChI=1S/C11H19NO3.ClH/c1-10(2)6-8(5-9(13)14)7-11(3,4)12(10)15;/h8H,5-7H2,1-4H3;1H. The van der Waals surface area contributed by atoms with E-state index in [0.717, 1.165) is 4.76 Å². The quantitative estimate of drug-likeness (QED) is 0.653. The number of rotatable bonds is 2. The molecule has 1 fully saturated rings. The summed E-state index contributed by atoms with van der Waals surface area (Å²) in [5, 5.41) is 8.78. The smallest absolute Gasteiger partial charge is 0.303 e. The summed E-state index contributed by atoms with van der Waals surface area (Å²) < 4.78 is 1.12. The van der Waals surface area contributed by atoms with Crippen LogP contribution in [0.15, 0.2) is 0 Å². The van der Waals surface area contributed by atoms with Gasteiger partial charge in [0, 0.05) is 56.6 Å². The van der Waals surface area contributed by atoms with Gasteiger partial charge in [-0.05, 0) is 5.92 Å².